The summed E-state index contributed by atoms with van der Waals surface area (Å²) in [5, 5.41) is 13.5. The predicted octanol–water partition coefficient (Wildman–Crippen LogP) is 3.82. The largest absolute Gasteiger partial charge is 0.487 e. The van der Waals surface area contributed by atoms with E-state index < -0.39 is 40.6 Å². The lowest BCUT2D eigenvalue weighted by Gasteiger charge is -2.25. The van der Waals surface area contributed by atoms with E-state index in [0.29, 0.717) is 11.3 Å². The molecule has 0 saturated carbocycles. The number of amides is 1. The fourth-order valence-corrected chi connectivity index (χ4v) is 3.29. The van der Waals surface area contributed by atoms with Crippen molar-refractivity contribution in [2.75, 3.05) is 12.9 Å². The van der Waals surface area contributed by atoms with Crippen LogP contribution in [0.25, 0.3) is 0 Å². The van der Waals surface area contributed by atoms with Gasteiger partial charge in [-0.2, -0.15) is 8.42 Å². The maximum absolute atomic E-state index is 12.3. The first kappa shape index (κ1) is 25.9. The van der Waals surface area contributed by atoms with Crippen molar-refractivity contribution in [3.05, 3.63) is 64.7 Å². The van der Waals surface area contributed by atoms with Crippen LogP contribution in [-0.4, -0.2) is 44.1 Å². The molecule has 0 saturated heterocycles. The van der Waals surface area contributed by atoms with Gasteiger partial charge in [-0.15, -0.1) is 0 Å². The van der Waals surface area contributed by atoms with E-state index in [1.807, 2.05) is 26.8 Å². The Balaban J connectivity index is 2.14. The second-order valence-corrected chi connectivity index (χ2v) is 10.2. The monoisotopic (exact) mass is 485 g/mol. The first-order chi connectivity index (χ1) is 14.8. The third kappa shape index (κ3) is 9.04. The summed E-state index contributed by atoms with van der Waals surface area (Å²) in [6.45, 7) is 5.12. The number of aliphatic hydroxyl groups excluding tert-OH is 1. The minimum absolute atomic E-state index is 0.00703. The van der Waals surface area contributed by atoms with Crippen LogP contribution in [0.2, 0.25) is 5.02 Å². The molecule has 0 aromatic heterocycles. The number of ether oxygens (including phenoxy) is 2. The van der Waals surface area contributed by atoms with Crippen molar-refractivity contribution in [3.8, 4) is 5.75 Å². The second kappa shape index (κ2) is 11.0. The van der Waals surface area contributed by atoms with Gasteiger partial charge in [0.2, 0.25) is 0 Å². The second-order valence-electron chi connectivity index (χ2n) is 8.15. The number of carbonyl (C=O) groups is 1. The van der Waals surface area contributed by atoms with Gasteiger partial charge in [0, 0.05) is 0 Å². The van der Waals surface area contributed by atoms with Crippen molar-refractivity contribution < 1.29 is 32.0 Å². The smallest absolute Gasteiger partial charge is 0.407 e. The fourth-order valence-electron chi connectivity index (χ4n) is 2.67. The summed E-state index contributed by atoms with van der Waals surface area (Å²) in [4.78, 5) is 12.3. The highest BCUT2D eigenvalue weighted by atomic mass is 35.5. The Bertz CT molecular complexity index is 1010. The van der Waals surface area contributed by atoms with Gasteiger partial charge >= 0.3 is 6.09 Å². The highest BCUT2D eigenvalue weighted by Gasteiger charge is 2.26. The third-order valence-corrected chi connectivity index (χ3v) is 4.93. The van der Waals surface area contributed by atoms with Crippen LogP contribution in [0.15, 0.2) is 48.5 Å². The molecule has 0 bridgehead atoms. The summed E-state index contributed by atoms with van der Waals surface area (Å²) in [5.41, 5.74) is 0.634. The van der Waals surface area contributed by atoms with Crippen LogP contribution in [0.3, 0.4) is 0 Å². The molecule has 0 spiro atoms. The summed E-state index contributed by atoms with van der Waals surface area (Å²) >= 11 is 6.28. The molecular weight excluding hydrogens is 458 g/mol. The normalized spacial score (nSPS) is 13.8. The molecule has 0 fully saturated rings. The molecular formula is C22H28ClNO7S. The zero-order valence-electron chi connectivity index (χ0n) is 18.4. The maximum Gasteiger partial charge on any atom is 0.407 e. The molecule has 2 aromatic rings. The lowest BCUT2D eigenvalue weighted by molar-refractivity contribution is 0.0827. The van der Waals surface area contributed by atoms with E-state index in [9.17, 15) is 18.3 Å². The van der Waals surface area contributed by atoms with Crippen molar-refractivity contribution in [2.24, 2.45) is 0 Å². The molecule has 0 heterocycles. The predicted molar refractivity (Wildman–Crippen MR) is 121 cm³/mol. The van der Waals surface area contributed by atoms with Crippen molar-refractivity contribution >= 4 is 27.8 Å². The highest BCUT2D eigenvalue weighted by Crippen LogP contribution is 2.31. The minimum atomic E-state index is -3.81. The van der Waals surface area contributed by atoms with Crippen LogP contribution < -0.4 is 10.1 Å². The first-order valence-electron chi connectivity index (χ1n) is 9.82. The summed E-state index contributed by atoms with van der Waals surface area (Å²) in [7, 11) is -3.81. The third-order valence-electron chi connectivity index (χ3n) is 4.07. The number of aliphatic hydroxyl groups is 1. The molecule has 8 nitrogen and oxygen atoms in total. The molecule has 32 heavy (non-hydrogen) atoms. The Labute approximate surface area is 193 Å². The molecule has 2 aromatic carbocycles. The molecule has 0 aliphatic carbocycles. The zero-order chi connectivity index (χ0) is 23.9. The lowest BCUT2D eigenvalue weighted by Crippen LogP contribution is -2.43. The van der Waals surface area contributed by atoms with Gasteiger partial charge in [0.1, 0.15) is 24.1 Å². The van der Waals surface area contributed by atoms with Gasteiger partial charge in [0.25, 0.3) is 10.1 Å². The van der Waals surface area contributed by atoms with Gasteiger partial charge < -0.3 is 19.9 Å². The lowest BCUT2D eigenvalue weighted by atomic mass is 10.0. The molecule has 10 heteroatoms. The van der Waals surface area contributed by atoms with Gasteiger partial charge in [0.15, 0.2) is 0 Å². The average molecular weight is 486 g/mol. The van der Waals surface area contributed by atoms with Crippen molar-refractivity contribution in [3.63, 3.8) is 0 Å². The molecule has 0 aliphatic heterocycles. The first-order valence-corrected chi connectivity index (χ1v) is 12.0. The summed E-state index contributed by atoms with van der Waals surface area (Å²) in [5.74, 6) is 0.425. The number of carbonyl (C=O) groups excluding carboxylic acids is 1. The van der Waals surface area contributed by atoms with E-state index in [-0.39, 0.29) is 11.6 Å². The van der Waals surface area contributed by atoms with Crippen molar-refractivity contribution in [1.29, 1.82) is 0 Å². The van der Waals surface area contributed by atoms with Crippen molar-refractivity contribution in [1.82, 2.24) is 5.32 Å². The number of hydrogen-bond acceptors (Lipinski definition) is 7. The maximum atomic E-state index is 12.3. The Morgan fingerprint density at radius 3 is 2.38 bits per heavy atom. The Hall–Kier alpha value is -2.33. The quantitative estimate of drug-likeness (QED) is 0.519. The standard InChI is InChI=1S/C22H28ClNO7S/c1-22(2,3)31-19-11-10-16(12-17(19)23)20(25)18(14-30-32(4,27)28)24-21(26)29-13-15-8-6-5-7-9-15/h5-12,18,20,25H,13-14H2,1-4H3,(H,24,26)/t18-,20-/m1/s1. The molecule has 2 N–H and O–H groups in total. The van der Waals surface area contributed by atoms with Crippen LogP contribution in [0.1, 0.15) is 38.0 Å². The number of nitrogens with one attached hydrogen (secondary N) is 1. The molecule has 0 unspecified atom stereocenters. The molecule has 2 rings (SSSR count). The van der Waals surface area contributed by atoms with Gasteiger partial charge in [-0.3, -0.25) is 4.18 Å². The molecule has 176 valence electrons. The van der Waals surface area contributed by atoms with Crippen LogP contribution in [0.5, 0.6) is 5.75 Å². The molecule has 1 amide bonds. The molecule has 0 radical (unpaired) electrons. The Morgan fingerprint density at radius 2 is 1.81 bits per heavy atom. The van der Waals surface area contributed by atoms with E-state index in [0.717, 1.165) is 11.8 Å². The van der Waals surface area contributed by atoms with E-state index in [1.165, 1.54) is 6.07 Å². The number of hydrogen-bond donors (Lipinski definition) is 2. The molecule has 2 atom stereocenters. The zero-order valence-corrected chi connectivity index (χ0v) is 19.9. The number of rotatable bonds is 9. The van der Waals surface area contributed by atoms with Crippen LogP contribution in [0.4, 0.5) is 4.79 Å². The van der Waals surface area contributed by atoms with E-state index in [4.69, 9.17) is 25.3 Å². The van der Waals surface area contributed by atoms with Gasteiger partial charge in [-0.05, 0) is 44.0 Å². The van der Waals surface area contributed by atoms with E-state index in [1.54, 1.807) is 36.4 Å². The fraction of sp³-hybridized carbons (Fsp3) is 0.409. The number of halogens is 1. The summed E-state index contributed by atoms with van der Waals surface area (Å²) < 4.78 is 38.6. The Morgan fingerprint density at radius 1 is 1.16 bits per heavy atom. The summed E-state index contributed by atoms with van der Waals surface area (Å²) in [6.07, 6.45) is -1.30. The van der Waals surface area contributed by atoms with E-state index >= 15 is 0 Å². The number of benzene rings is 2. The van der Waals surface area contributed by atoms with Gasteiger partial charge in [0.05, 0.1) is 23.9 Å². The highest BCUT2D eigenvalue weighted by molar-refractivity contribution is 7.85. The van der Waals surface area contributed by atoms with Crippen LogP contribution in [0, 0.1) is 0 Å². The van der Waals surface area contributed by atoms with Crippen LogP contribution >= 0.6 is 11.6 Å². The van der Waals surface area contributed by atoms with Crippen molar-refractivity contribution in [2.45, 2.75) is 45.1 Å². The molecule has 0 aliphatic rings. The average Bonchev–Trinajstić information content (AvgIpc) is 2.69. The minimum Gasteiger partial charge on any atom is -0.487 e. The van der Waals surface area contributed by atoms with E-state index in [2.05, 4.69) is 5.32 Å². The van der Waals surface area contributed by atoms with Crippen LogP contribution in [-0.2, 0) is 25.6 Å². The Kier molecular flexibility index (Phi) is 8.91. The van der Waals surface area contributed by atoms with Gasteiger partial charge in [-0.1, -0.05) is 48.0 Å². The topological polar surface area (TPSA) is 111 Å². The number of alkyl carbamates (subject to hydrolysis) is 1. The summed E-state index contributed by atoms with van der Waals surface area (Å²) in [6, 6.07) is 12.5. The SMILES string of the molecule is CC(C)(C)Oc1ccc([C@@H](O)[C@@H](COS(C)(=O)=O)NC(=O)OCc2ccccc2)cc1Cl. The van der Waals surface area contributed by atoms with Gasteiger partial charge in [-0.25, -0.2) is 4.79 Å².